The van der Waals surface area contributed by atoms with Gasteiger partial charge in [-0.1, -0.05) is 25.1 Å². The standard InChI is InChI=1S/C32H39N5O6/c1-21-18-37(22(2)20-38)30(39)17-23-16-26(34-31(40)33-24-8-6-5-7-9-24)12-15-28(23)43-29(21)19-36(3)32(41)35-25-10-13-27(42-4)14-11-25/h5-16,21-22,29,38H,17-20H2,1-4H3,(H,35,41)(H2,33,34,40)/t21-,22+,29+/m0/s1. The van der Waals surface area contributed by atoms with Crippen molar-refractivity contribution < 1.29 is 29.0 Å². The van der Waals surface area contributed by atoms with E-state index in [9.17, 15) is 19.5 Å². The summed E-state index contributed by atoms with van der Waals surface area (Å²) in [5, 5.41) is 18.4. The Hall–Kier alpha value is -4.77. The van der Waals surface area contributed by atoms with Crippen LogP contribution in [0.2, 0.25) is 0 Å². The molecule has 0 unspecified atom stereocenters. The zero-order chi connectivity index (χ0) is 30.9. The smallest absolute Gasteiger partial charge is 0.323 e. The molecule has 3 aromatic rings. The lowest BCUT2D eigenvalue weighted by atomic mass is 10.0. The fourth-order valence-electron chi connectivity index (χ4n) is 4.79. The predicted octanol–water partition coefficient (Wildman–Crippen LogP) is 4.65. The van der Waals surface area contributed by atoms with Gasteiger partial charge >= 0.3 is 12.1 Å². The summed E-state index contributed by atoms with van der Waals surface area (Å²) >= 11 is 0. The first-order valence-corrected chi connectivity index (χ1v) is 14.2. The number of rotatable bonds is 8. The number of amides is 5. The first-order valence-electron chi connectivity index (χ1n) is 14.2. The Labute approximate surface area is 251 Å². The van der Waals surface area contributed by atoms with Crippen LogP contribution >= 0.6 is 0 Å². The number of aliphatic hydroxyl groups excluding tert-OH is 1. The van der Waals surface area contributed by atoms with Gasteiger partial charge in [-0.15, -0.1) is 0 Å². The minimum absolute atomic E-state index is 0.0166. The second kappa shape index (κ2) is 14.4. The van der Waals surface area contributed by atoms with Gasteiger partial charge in [-0.3, -0.25) is 4.79 Å². The summed E-state index contributed by atoms with van der Waals surface area (Å²) < 4.78 is 11.7. The summed E-state index contributed by atoms with van der Waals surface area (Å²) in [5.74, 6) is 0.816. The third-order valence-electron chi connectivity index (χ3n) is 7.35. The summed E-state index contributed by atoms with van der Waals surface area (Å²) in [6, 6.07) is 20.1. The zero-order valence-electron chi connectivity index (χ0n) is 24.9. The molecule has 0 radical (unpaired) electrons. The number of carbonyl (C=O) groups is 3. The Kier molecular flexibility index (Phi) is 10.4. The number of carbonyl (C=O) groups excluding carboxylic acids is 3. The SMILES string of the molecule is COc1ccc(NC(=O)N(C)C[C@H]2Oc3ccc(NC(=O)Nc4ccccc4)cc3CC(=O)N([C@H](C)CO)C[C@@H]2C)cc1. The van der Waals surface area contributed by atoms with Crippen molar-refractivity contribution in [1.29, 1.82) is 0 Å². The molecule has 0 spiro atoms. The second-order valence-electron chi connectivity index (χ2n) is 10.7. The molecule has 0 aliphatic carbocycles. The zero-order valence-corrected chi connectivity index (χ0v) is 24.9. The number of benzene rings is 3. The number of hydrogen-bond donors (Lipinski definition) is 4. The fraction of sp³-hybridized carbons (Fsp3) is 0.344. The van der Waals surface area contributed by atoms with Gasteiger partial charge in [0.1, 0.15) is 17.6 Å². The van der Waals surface area contributed by atoms with Crippen molar-refractivity contribution >= 4 is 35.0 Å². The van der Waals surface area contributed by atoms with E-state index in [1.165, 1.54) is 4.90 Å². The van der Waals surface area contributed by atoms with Crippen LogP contribution in [0.25, 0.3) is 0 Å². The van der Waals surface area contributed by atoms with Crippen LogP contribution in [0.15, 0.2) is 72.8 Å². The Bertz CT molecular complexity index is 1400. The van der Waals surface area contributed by atoms with E-state index >= 15 is 0 Å². The number of urea groups is 2. The third-order valence-corrected chi connectivity index (χ3v) is 7.35. The van der Waals surface area contributed by atoms with E-state index in [0.29, 0.717) is 40.7 Å². The summed E-state index contributed by atoms with van der Waals surface area (Å²) in [6.07, 6.45) is -0.465. The van der Waals surface area contributed by atoms with Gasteiger partial charge in [-0.25, -0.2) is 9.59 Å². The third kappa shape index (κ3) is 8.39. The highest BCUT2D eigenvalue weighted by atomic mass is 16.5. The molecular weight excluding hydrogens is 550 g/mol. The lowest BCUT2D eigenvalue weighted by molar-refractivity contribution is -0.134. The van der Waals surface area contributed by atoms with E-state index in [1.807, 2.05) is 25.1 Å². The summed E-state index contributed by atoms with van der Waals surface area (Å²) in [6.45, 7) is 4.12. The average molecular weight is 590 g/mol. The molecule has 0 saturated carbocycles. The van der Waals surface area contributed by atoms with Crippen molar-refractivity contribution in [2.45, 2.75) is 32.4 Å². The molecule has 4 N–H and O–H groups in total. The highest BCUT2D eigenvalue weighted by molar-refractivity contribution is 6.00. The predicted molar refractivity (Wildman–Crippen MR) is 166 cm³/mol. The number of nitrogens with zero attached hydrogens (tertiary/aromatic N) is 2. The maximum atomic E-state index is 13.5. The number of anilines is 3. The molecule has 1 heterocycles. The fourth-order valence-corrected chi connectivity index (χ4v) is 4.79. The minimum atomic E-state index is -0.482. The molecule has 1 aliphatic rings. The van der Waals surface area contributed by atoms with Gasteiger partial charge in [0, 0.05) is 42.1 Å². The monoisotopic (exact) mass is 589 g/mol. The first kappa shape index (κ1) is 31.2. The Morgan fingerprint density at radius 1 is 1.02 bits per heavy atom. The normalized spacial score (nSPS) is 17.2. The van der Waals surface area contributed by atoms with Gasteiger partial charge in [0.25, 0.3) is 0 Å². The average Bonchev–Trinajstić information content (AvgIpc) is 3.04. The van der Waals surface area contributed by atoms with E-state index in [4.69, 9.17) is 9.47 Å². The van der Waals surface area contributed by atoms with Crippen LogP contribution in [0.4, 0.5) is 26.7 Å². The molecule has 0 saturated heterocycles. The van der Waals surface area contributed by atoms with Crippen LogP contribution in [0.5, 0.6) is 11.5 Å². The molecule has 228 valence electrons. The van der Waals surface area contributed by atoms with Crippen molar-refractivity contribution in [2.75, 3.05) is 49.8 Å². The lowest BCUT2D eigenvalue weighted by Crippen LogP contribution is -2.48. The summed E-state index contributed by atoms with van der Waals surface area (Å²) in [5.41, 5.74) is 2.34. The molecular formula is C32H39N5O6. The molecule has 43 heavy (non-hydrogen) atoms. The molecule has 11 heteroatoms. The molecule has 4 rings (SSSR count). The lowest BCUT2D eigenvalue weighted by Gasteiger charge is -2.34. The van der Waals surface area contributed by atoms with Crippen LogP contribution in [-0.2, 0) is 11.2 Å². The van der Waals surface area contributed by atoms with Crippen LogP contribution in [0, 0.1) is 5.92 Å². The molecule has 3 aromatic carbocycles. The number of ether oxygens (including phenoxy) is 2. The van der Waals surface area contributed by atoms with Crippen molar-refractivity contribution in [3.8, 4) is 11.5 Å². The van der Waals surface area contributed by atoms with Gasteiger partial charge < -0.3 is 40.3 Å². The van der Waals surface area contributed by atoms with E-state index in [0.717, 1.165) is 0 Å². The maximum Gasteiger partial charge on any atom is 0.323 e. The quantitative estimate of drug-likeness (QED) is 0.302. The van der Waals surface area contributed by atoms with Gasteiger partial charge in [0.2, 0.25) is 5.91 Å². The number of nitrogens with one attached hydrogen (secondary N) is 3. The maximum absolute atomic E-state index is 13.5. The van der Waals surface area contributed by atoms with E-state index in [1.54, 1.807) is 80.6 Å². The van der Waals surface area contributed by atoms with Gasteiger partial charge in [0.15, 0.2) is 0 Å². The number of fused-ring (bicyclic) bond motifs is 1. The van der Waals surface area contributed by atoms with Gasteiger partial charge in [-0.05, 0) is 61.5 Å². The van der Waals surface area contributed by atoms with Crippen molar-refractivity contribution in [3.63, 3.8) is 0 Å². The molecule has 0 aromatic heterocycles. The summed E-state index contributed by atoms with van der Waals surface area (Å²) in [7, 11) is 3.26. The molecule has 11 nitrogen and oxygen atoms in total. The van der Waals surface area contributed by atoms with Crippen molar-refractivity contribution in [1.82, 2.24) is 9.80 Å². The second-order valence-corrected chi connectivity index (χ2v) is 10.7. The van der Waals surface area contributed by atoms with Crippen LogP contribution in [-0.4, -0.2) is 78.9 Å². The Morgan fingerprint density at radius 3 is 2.35 bits per heavy atom. The number of methoxy groups -OCH3 is 1. The molecule has 3 atom stereocenters. The van der Waals surface area contributed by atoms with Crippen molar-refractivity contribution in [2.24, 2.45) is 5.92 Å². The van der Waals surface area contributed by atoms with E-state index in [2.05, 4.69) is 16.0 Å². The largest absolute Gasteiger partial charge is 0.497 e. The minimum Gasteiger partial charge on any atom is -0.497 e. The van der Waals surface area contributed by atoms with Crippen LogP contribution < -0.4 is 25.4 Å². The first-order chi connectivity index (χ1) is 20.7. The molecule has 0 fully saturated rings. The number of likely N-dealkylation sites (N-methyl/N-ethyl adjacent to an activating group) is 1. The number of hydrogen-bond acceptors (Lipinski definition) is 6. The Morgan fingerprint density at radius 2 is 1.67 bits per heavy atom. The van der Waals surface area contributed by atoms with Crippen LogP contribution in [0.3, 0.4) is 0 Å². The topological polar surface area (TPSA) is 132 Å². The highest BCUT2D eigenvalue weighted by Gasteiger charge is 2.32. The van der Waals surface area contributed by atoms with E-state index < -0.39 is 18.2 Å². The van der Waals surface area contributed by atoms with Crippen LogP contribution in [0.1, 0.15) is 19.4 Å². The summed E-state index contributed by atoms with van der Waals surface area (Å²) in [4.78, 5) is 42.3. The van der Waals surface area contributed by atoms with E-state index in [-0.39, 0.29) is 37.4 Å². The number of para-hydroxylation sites is 1. The highest BCUT2D eigenvalue weighted by Crippen LogP contribution is 2.29. The molecule has 5 amide bonds. The van der Waals surface area contributed by atoms with Gasteiger partial charge in [0.05, 0.1) is 32.7 Å². The van der Waals surface area contributed by atoms with Gasteiger partial charge in [-0.2, -0.15) is 0 Å². The molecule has 0 bridgehead atoms. The van der Waals surface area contributed by atoms with Crippen molar-refractivity contribution in [3.05, 3.63) is 78.4 Å². The molecule has 1 aliphatic heterocycles. The number of aliphatic hydroxyl groups is 1. The Balaban J connectivity index is 1.54.